The fraction of sp³-hybridized carbons (Fsp3) is 0.188. The zero-order valence-corrected chi connectivity index (χ0v) is 12.4. The van der Waals surface area contributed by atoms with E-state index in [2.05, 4.69) is 0 Å². The summed E-state index contributed by atoms with van der Waals surface area (Å²) in [5, 5.41) is 10.5. The number of halogens is 2. The second-order valence-corrected chi connectivity index (χ2v) is 5.74. The molecule has 2 aromatic rings. The molecular formula is C16H14Cl2O2. The highest BCUT2D eigenvalue weighted by molar-refractivity contribution is 6.42. The number of carbonyl (C=O) groups is 1. The molecule has 0 saturated carbocycles. The average Bonchev–Trinajstić information content (AvgIpc) is 2.43. The van der Waals surface area contributed by atoms with Crippen molar-refractivity contribution in [3.8, 4) is 0 Å². The van der Waals surface area contributed by atoms with E-state index in [1.165, 1.54) is 0 Å². The normalized spacial score (nSPS) is 13.8. The van der Waals surface area contributed by atoms with Crippen LogP contribution in [0.15, 0.2) is 48.5 Å². The molecule has 2 nitrogen and oxygen atoms in total. The van der Waals surface area contributed by atoms with Gasteiger partial charge >= 0.3 is 5.97 Å². The van der Waals surface area contributed by atoms with Crippen molar-refractivity contribution in [3.63, 3.8) is 0 Å². The van der Waals surface area contributed by atoms with Gasteiger partial charge in [0, 0.05) is 0 Å². The van der Waals surface area contributed by atoms with Gasteiger partial charge in [0.15, 0.2) is 0 Å². The van der Waals surface area contributed by atoms with E-state index in [1.54, 1.807) is 25.1 Å². The number of hydrogen-bond acceptors (Lipinski definition) is 1. The maximum atomic E-state index is 11.7. The Labute approximate surface area is 128 Å². The molecule has 104 valence electrons. The minimum atomic E-state index is -1.00. The average molecular weight is 309 g/mol. The molecule has 1 atom stereocenters. The van der Waals surface area contributed by atoms with Crippen LogP contribution in [0.4, 0.5) is 0 Å². The minimum Gasteiger partial charge on any atom is -0.481 e. The van der Waals surface area contributed by atoms with Crippen molar-refractivity contribution in [2.45, 2.75) is 18.8 Å². The summed E-state index contributed by atoms with van der Waals surface area (Å²) in [6.07, 6.45) is 0.350. The van der Waals surface area contributed by atoms with Crippen LogP contribution in [0.1, 0.15) is 18.1 Å². The SMILES string of the molecule is CC(Cc1ccc(Cl)c(Cl)c1)(C(=O)O)c1ccccc1. The Morgan fingerprint density at radius 2 is 1.75 bits per heavy atom. The largest absolute Gasteiger partial charge is 0.481 e. The highest BCUT2D eigenvalue weighted by Gasteiger charge is 2.35. The summed E-state index contributed by atoms with van der Waals surface area (Å²) in [5.74, 6) is -0.866. The van der Waals surface area contributed by atoms with Crippen molar-refractivity contribution in [2.24, 2.45) is 0 Å². The van der Waals surface area contributed by atoms with Gasteiger partial charge in [0.25, 0.3) is 0 Å². The minimum absolute atomic E-state index is 0.350. The highest BCUT2D eigenvalue weighted by atomic mass is 35.5. The van der Waals surface area contributed by atoms with Gasteiger partial charge < -0.3 is 5.11 Å². The van der Waals surface area contributed by atoms with E-state index in [0.29, 0.717) is 16.5 Å². The molecule has 0 fully saturated rings. The van der Waals surface area contributed by atoms with Crippen LogP contribution in [0.5, 0.6) is 0 Å². The van der Waals surface area contributed by atoms with Crippen LogP contribution in [0.2, 0.25) is 10.0 Å². The maximum absolute atomic E-state index is 11.7. The van der Waals surface area contributed by atoms with E-state index in [9.17, 15) is 9.90 Å². The van der Waals surface area contributed by atoms with E-state index in [1.807, 2.05) is 30.3 Å². The van der Waals surface area contributed by atoms with Gasteiger partial charge in [0.1, 0.15) is 0 Å². The molecule has 2 rings (SSSR count). The lowest BCUT2D eigenvalue weighted by Crippen LogP contribution is -2.34. The second kappa shape index (κ2) is 5.86. The number of benzene rings is 2. The number of aliphatic carboxylic acids is 1. The van der Waals surface area contributed by atoms with Crippen LogP contribution in [0.25, 0.3) is 0 Å². The molecule has 1 N–H and O–H groups in total. The van der Waals surface area contributed by atoms with Crippen LogP contribution in [0.3, 0.4) is 0 Å². The quantitative estimate of drug-likeness (QED) is 0.897. The van der Waals surface area contributed by atoms with Crippen LogP contribution in [-0.2, 0) is 16.6 Å². The van der Waals surface area contributed by atoms with Gasteiger partial charge in [-0.25, -0.2) is 0 Å². The number of hydrogen-bond donors (Lipinski definition) is 1. The molecule has 0 aliphatic heterocycles. The molecule has 2 aromatic carbocycles. The predicted molar refractivity (Wildman–Crippen MR) is 81.6 cm³/mol. The van der Waals surface area contributed by atoms with Crippen molar-refractivity contribution in [3.05, 3.63) is 69.7 Å². The van der Waals surface area contributed by atoms with E-state index < -0.39 is 11.4 Å². The molecule has 0 aromatic heterocycles. The lowest BCUT2D eigenvalue weighted by molar-refractivity contribution is -0.143. The highest BCUT2D eigenvalue weighted by Crippen LogP contribution is 2.31. The van der Waals surface area contributed by atoms with Crippen molar-refractivity contribution in [1.29, 1.82) is 0 Å². The molecule has 4 heteroatoms. The molecule has 0 aliphatic carbocycles. The topological polar surface area (TPSA) is 37.3 Å². The summed E-state index contributed by atoms with van der Waals surface area (Å²) < 4.78 is 0. The van der Waals surface area contributed by atoms with Crippen molar-refractivity contribution in [2.75, 3.05) is 0 Å². The monoisotopic (exact) mass is 308 g/mol. The Balaban J connectivity index is 2.39. The standard InChI is InChI=1S/C16H14Cl2O2/c1-16(15(19)20,12-5-3-2-4-6-12)10-11-7-8-13(17)14(18)9-11/h2-9H,10H2,1H3,(H,19,20). The Morgan fingerprint density at radius 1 is 1.10 bits per heavy atom. The Kier molecular flexibility index (Phi) is 4.36. The summed E-state index contributed by atoms with van der Waals surface area (Å²) in [4.78, 5) is 11.7. The first kappa shape index (κ1) is 14.9. The summed E-state index contributed by atoms with van der Waals surface area (Å²) >= 11 is 11.9. The fourth-order valence-corrected chi connectivity index (χ4v) is 2.49. The first-order chi connectivity index (χ1) is 9.43. The van der Waals surface area contributed by atoms with Crippen LogP contribution >= 0.6 is 23.2 Å². The van der Waals surface area contributed by atoms with Crippen LogP contribution in [-0.4, -0.2) is 11.1 Å². The molecule has 0 spiro atoms. The van der Waals surface area contributed by atoms with E-state index in [-0.39, 0.29) is 0 Å². The van der Waals surface area contributed by atoms with E-state index >= 15 is 0 Å². The smallest absolute Gasteiger partial charge is 0.314 e. The van der Waals surface area contributed by atoms with Gasteiger partial charge in [-0.3, -0.25) is 4.79 Å². The first-order valence-corrected chi connectivity index (χ1v) is 6.92. The molecule has 0 radical (unpaired) electrons. The fourth-order valence-electron chi connectivity index (χ4n) is 2.16. The molecule has 0 aliphatic rings. The van der Waals surface area contributed by atoms with Crippen molar-refractivity contribution in [1.82, 2.24) is 0 Å². The summed E-state index contributed by atoms with van der Waals surface area (Å²) in [7, 11) is 0. The van der Waals surface area contributed by atoms with Gasteiger partial charge in [-0.1, -0.05) is 59.6 Å². The molecule has 1 unspecified atom stereocenters. The third-order valence-corrected chi connectivity index (χ3v) is 4.16. The summed E-state index contributed by atoms with van der Waals surface area (Å²) in [6, 6.07) is 14.4. The zero-order valence-electron chi connectivity index (χ0n) is 10.9. The molecule has 0 bridgehead atoms. The van der Waals surface area contributed by atoms with Crippen molar-refractivity contribution < 1.29 is 9.90 Å². The Bertz CT molecular complexity index is 626. The van der Waals surface area contributed by atoms with Gasteiger partial charge in [-0.2, -0.15) is 0 Å². The molecule has 0 amide bonds. The summed E-state index contributed by atoms with van der Waals surface area (Å²) in [5.41, 5.74) is 0.602. The third kappa shape index (κ3) is 2.97. The summed E-state index contributed by atoms with van der Waals surface area (Å²) in [6.45, 7) is 1.72. The van der Waals surface area contributed by atoms with E-state index in [4.69, 9.17) is 23.2 Å². The lowest BCUT2D eigenvalue weighted by Gasteiger charge is -2.25. The Morgan fingerprint density at radius 3 is 2.30 bits per heavy atom. The number of carboxylic acids is 1. The second-order valence-electron chi connectivity index (χ2n) is 4.93. The lowest BCUT2D eigenvalue weighted by atomic mass is 9.77. The van der Waals surface area contributed by atoms with Gasteiger partial charge in [0.2, 0.25) is 0 Å². The van der Waals surface area contributed by atoms with Crippen LogP contribution in [0, 0.1) is 0 Å². The molecule has 20 heavy (non-hydrogen) atoms. The molecular weight excluding hydrogens is 295 g/mol. The number of carboxylic acid groups (broad SMARTS) is 1. The van der Waals surface area contributed by atoms with Gasteiger partial charge in [-0.05, 0) is 36.6 Å². The maximum Gasteiger partial charge on any atom is 0.314 e. The van der Waals surface area contributed by atoms with Gasteiger partial charge in [-0.15, -0.1) is 0 Å². The molecule has 0 saturated heterocycles. The van der Waals surface area contributed by atoms with Crippen LogP contribution < -0.4 is 0 Å². The molecule has 0 heterocycles. The zero-order chi connectivity index (χ0) is 14.8. The predicted octanol–water partition coefficient (Wildman–Crippen LogP) is 4.58. The van der Waals surface area contributed by atoms with E-state index in [0.717, 1.165) is 11.1 Å². The number of rotatable bonds is 4. The van der Waals surface area contributed by atoms with Crippen molar-refractivity contribution >= 4 is 29.2 Å². The first-order valence-electron chi connectivity index (χ1n) is 6.16. The van der Waals surface area contributed by atoms with Gasteiger partial charge in [0.05, 0.1) is 15.5 Å². The third-order valence-electron chi connectivity index (χ3n) is 3.42. The Hall–Kier alpha value is -1.51.